The molecule has 0 saturated carbocycles. The molecule has 0 fully saturated rings. The fraction of sp³-hybridized carbons (Fsp3) is 0.188. The van der Waals surface area contributed by atoms with Crippen LogP contribution in [0.3, 0.4) is 0 Å². The second-order valence-electron chi connectivity index (χ2n) is 5.16. The summed E-state index contributed by atoms with van der Waals surface area (Å²) in [6, 6.07) is 11.8. The molecule has 0 bridgehead atoms. The number of hydrogen-bond acceptors (Lipinski definition) is 2. The van der Waals surface area contributed by atoms with E-state index in [2.05, 4.69) is 22.2 Å². The zero-order valence-corrected chi connectivity index (χ0v) is 12.6. The minimum absolute atomic E-state index is 0.102. The highest BCUT2D eigenvalue weighted by Crippen LogP contribution is 2.27. The lowest BCUT2D eigenvalue weighted by Gasteiger charge is -2.18. The van der Waals surface area contributed by atoms with Crippen LogP contribution in [-0.4, -0.2) is 9.97 Å². The van der Waals surface area contributed by atoms with E-state index in [-0.39, 0.29) is 11.7 Å². The normalized spacial score (nSPS) is 12.5. The number of halogens is 1. The van der Waals surface area contributed by atoms with Gasteiger partial charge < -0.3 is 15.3 Å². The molecule has 108 valence electrons. The van der Waals surface area contributed by atoms with E-state index in [0.717, 1.165) is 32.9 Å². The Bertz CT molecular complexity index is 850. The summed E-state index contributed by atoms with van der Waals surface area (Å²) in [5.41, 5.74) is 4.58. The van der Waals surface area contributed by atoms with E-state index in [1.165, 1.54) is 0 Å². The summed E-state index contributed by atoms with van der Waals surface area (Å²) >= 11 is 6.14. The van der Waals surface area contributed by atoms with Crippen molar-refractivity contribution in [1.82, 2.24) is 9.97 Å². The first-order valence-corrected chi connectivity index (χ1v) is 7.16. The third kappa shape index (κ3) is 2.67. The molecule has 2 aromatic carbocycles. The minimum atomic E-state index is -0.187. The average molecular weight is 302 g/mol. The van der Waals surface area contributed by atoms with Gasteiger partial charge in [-0.15, -0.1) is 0 Å². The smallest absolute Gasteiger partial charge is 0.323 e. The van der Waals surface area contributed by atoms with Gasteiger partial charge in [0.05, 0.1) is 11.0 Å². The number of hydrogen-bond donors (Lipinski definition) is 3. The number of rotatable bonds is 3. The van der Waals surface area contributed by atoms with E-state index < -0.39 is 0 Å². The molecule has 1 heterocycles. The Morgan fingerprint density at radius 1 is 1.14 bits per heavy atom. The van der Waals surface area contributed by atoms with Gasteiger partial charge >= 0.3 is 5.69 Å². The Balaban J connectivity index is 1.91. The molecule has 0 radical (unpaired) electrons. The molecule has 1 atom stereocenters. The van der Waals surface area contributed by atoms with Gasteiger partial charge in [-0.05, 0) is 49.2 Å². The van der Waals surface area contributed by atoms with Crippen molar-refractivity contribution in [2.75, 3.05) is 5.32 Å². The highest BCUT2D eigenvalue weighted by atomic mass is 35.5. The number of nitrogens with one attached hydrogen (secondary N) is 3. The summed E-state index contributed by atoms with van der Waals surface area (Å²) < 4.78 is 0. The Kier molecular flexibility index (Phi) is 3.47. The summed E-state index contributed by atoms with van der Waals surface area (Å²) in [4.78, 5) is 16.8. The van der Waals surface area contributed by atoms with Gasteiger partial charge in [-0.1, -0.05) is 23.7 Å². The van der Waals surface area contributed by atoms with Crippen LogP contribution in [0.1, 0.15) is 24.1 Å². The second kappa shape index (κ2) is 5.30. The van der Waals surface area contributed by atoms with Gasteiger partial charge in [-0.3, -0.25) is 0 Å². The van der Waals surface area contributed by atoms with Gasteiger partial charge in [-0.25, -0.2) is 4.79 Å². The van der Waals surface area contributed by atoms with Crippen molar-refractivity contribution in [1.29, 1.82) is 0 Å². The largest absolute Gasteiger partial charge is 0.378 e. The van der Waals surface area contributed by atoms with Crippen molar-refractivity contribution in [2.24, 2.45) is 0 Å². The third-order valence-corrected chi connectivity index (χ3v) is 4.09. The highest BCUT2D eigenvalue weighted by Gasteiger charge is 2.09. The maximum Gasteiger partial charge on any atom is 0.323 e. The van der Waals surface area contributed by atoms with Crippen molar-refractivity contribution < 1.29 is 0 Å². The monoisotopic (exact) mass is 301 g/mol. The van der Waals surface area contributed by atoms with Gasteiger partial charge in [0, 0.05) is 16.8 Å². The van der Waals surface area contributed by atoms with E-state index in [9.17, 15) is 4.79 Å². The lowest BCUT2D eigenvalue weighted by Crippen LogP contribution is -2.07. The molecular weight excluding hydrogens is 286 g/mol. The quantitative estimate of drug-likeness (QED) is 0.685. The number of fused-ring (bicyclic) bond motifs is 1. The number of aromatic amines is 2. The van der Waals surface area contributed by atoms with Crippen molar-refractivity contribution in [3.63, 3.8) is 0 Å². The van der Waals surface area contributed by atoms with Crippen LogP contribution in [-0.2, 0) is 0 Å². The fourth-order valence-electron chi connectivity index (χ4n) is 2.40. The lowest BCUT2D eigenvalue weighted by molar-refractivity contribution is 0.884. The van der Waals surface area contributed by atoms with E-state index >= 15 is 0 Å². The molecule has 3 N–H and O–H groups in total. The van der Waals surface area contributed by atoms with Crippen LogP contribution < -0.4 is 11.0 Å². The molecule has 0 aliphatic carbocycles. The Morgan fingerprint density at radius 3 is 2.71 bits per heavy atom. The van der Waals surface area contributed by atoms with Gasteiger partial charge in [0.2, 0.25) is 0 Å². The number of benzene rings is 2. The zero-order chi connectivity index (χ0) is 15.0. The molecule has 0 amide bonds. The number of H-pyrrole nitrogens is 2. The van der Waals surface area contributed by atoms with E-state index in [1.807, 2.05) is 43.3 Å². The fourth-order valence-corrected chi connectivity index (χ4v) is 2.57. The third-order valence-electron chi connectivity index (χ3n) is 3.68. The first-order chi connectivity index (χ1) is 10.0. The molecule has 1 unspecified atom stereocenters. The van der Waals surface area contributed by atoms with Crippen LogP contribution in [0.5, 0.6) is 0 Å². The molecule has 0 spiro atoms. The highest BCUT2D eigenvalue weighted by molar-refractivity contribution is 6.31. The van der Waals surface area contributed by atoms with Crippen LogP contribution in [0.4, 0.5) is 5.69 Å². The molecular formula is C16H16ClN3O. The minimum Gasteiger partial charge on any atom is -0.378 e. The van der Waals surface area contributed by atoms with Crippen molar-refractivity contribution >= 4 is 28.3 Å². The average Bonchev–Trinajstić information content (AvgIpc) is 2.82. The second-order valence-corrected chi connectivity index (χ2v) is 5.57. The van der Waals surface area contributed by atoms with Gasteiger partial charge in [0.1, 0.15) is 0 Å². The molecule has 0 aliphatic rings. The summed E-state index contributed by atoms with van der Waals surface area (Å²) in [7, 11) is 0. The summed E-state index contributed by atoms with van der Waals surface area (Å²) in [5.74, 6) is 0. The van der Waals surface area contributed by atoms with Crippen LogP contribution in [0.2, 0.25) is 5.02 Å². The molecule has 0 saturated heterocycles. The number of imidazole rings is 1. The van der Waals surface area contributed by atoms with Gasteiger partial charge in [0.25, 0.3) is 0 Å². The Labute approximate surface area is 127 Å². The molecule has 1 aromatic heterocycles. The number of aromatic nitrogens is 2. The summed E-state index contributed by atoms with van der Waals surface area (Å²) in [6.45, 7) is 4.07. The van der Waals surface area contributed by atoms with Crippen LogP contribution >= 0.6 is 11.6 Å². The lowest BCUT2D eigenvalue weighted by atomic mass is 10.1. The molecule has 4 nitrogen and oxygen atoms in total. The Morgan fingerprint density at radius 2 is 1.90 bits per heavy atom. The predicted octanol–water partition coefficient (Wildman–Crippen LogP) is 3.99. The zero-order valence-electron chi connectivity index (χ0n) is 11.8. The summed E-state index contributed by atoms with van der Waals surface area (Å²) in [6.07, 6.45) is 0. The van der Waals surface area contributed by atoms with Crippen molar-refractivity contribution in [3.8, 4) is 0 Å². The van der Waals surface area contributed by atoms with E-state index in [0.29, 0.717) is 0 Å². The molecule has 3 aromatic rings. The summed E-state index contributed by atoms with van der Waals surface area (Å²) in [5, 5.41) is 4.20. The SMILES string of the molecule is Cc1c(Cl)cccc1NC(C)c1ccc2[nH]c(=O)[nH]c2c1. The molecule has 3 rings (SSSR count). The maximum atomic E-state index is 11.3. The molecule has 5 heteroatoms. The van der Waals surface area contributed by atoms with Crippen molar-refractivity contribution in [2.45, 2.75) is 19.9 Å². The topological polar surface area (TPSA) is 60.7 Å². The van der Waals surface area contributed by atoms with Crippen LogP contribution in [0.15, 0.2) is 41.2 Å². The van der Waals surface area contributed by atoms with Gasteiger partial charge in [-0.2, -0.15) is 0 Å². The maximum absolute atomic E-state index is 11.3. The standard InChI is InChI=1S/C16H16ClN3O/c1-9-12(17)4-3-5-13(9)18-10(2)11-6-7-14-15(8-11)20-16(21)19-14/h3-8,10,18H,1-2H3,(H2,19,20,21). The van der Waals surface area contributed by atoms with Crippen LogP contribution in [0.25, 0.3) is 11.0 Å². The first kappa shape index (κ1) is 13.8. The van der Waals surface area contributed by atoms with Crippen molar-refractivity contribution in [3.05, 3.63) is 63.0 Å². The molecule has 21 heavy (non-hydrogen) atoms. The molecule has 0 aliphatic heterocycles. The predicted molar refractivity (Wildman–Crippen MR) is 87.1 cm³/mol. The van der Waals surface area contributed by atoms with Crippen LogP contribution in [0, 0.1) is 6.92 Å². The van der Waals surface area contributed by atoms with Gasteiger partial charge in [0.15, 0.2) is 0 Å². The Hall–Kier alpha value is -2.20. The first-order valence-electron chi connectivity index (χ1n) is 6.78. The number of anilines is 1. The van der Waals surface area contributed by atoms with E-state index in [4.69, 9.17) is 11.6 Å². The van der Waals surface area contributed by atoms with E-state index in [1.54, 1.807) is 0 Å².